The third kappa shape index (κ3) is 9.77. The van der Waals surface area contributed by atoms with E-state index in [1.807, 2.05) is 0 Å². The third-order valence-corrected chi connectivity index (χ3v) is 15.2. The summed E-state index contributed by atoms with van der Waals surface area (Å²) < 4.78 is 0. The monoisotopic (exact) mass is 898 g/mol. The van der Waals surface area contributed by atoms with Crippen LogP contribution in [-0.2, 0) is 0 Å². The Bertz CT molecular complexity index is 3110. The van der Waals surface area contributed by atoms with Crippen molar-refractivity contribution in [2.45, 2.75) is 83.7 Å². The van der Waals surface area contributed by atoms with Crippen LogP contribution in [0, 0.1) is 31.6 Å². The molecule has 1 aliphatic heterocycles. The summed E-state index contributed by atoms with van der Waals surface area (Å²) in [6.07, 6.45) is 37.8. The number of aryl methyl sites for hydroxylation is 2. The molecule has 0 fully saturated rings. The highest BCUT2D eigenvalue weighted by Crippen LogP contribution is 2.47. The molecule has 0 saturated carbocycles. The van der Waals surface area contributed by atoms with Crippen molar-refractivity contribution in [3.63, 3.8) is 0 Å². The van der Waals surface area contributed by atoms with Gasteiger partial charge in [0.05, 0.1) is 17.1 Å². The lowest BCUT2D eigenvalue weighted by Gasteiger charge is -2.40. The molecule has 0 saturated heterocycles. The number of aliphatic imine (C=N–C) groups is 1. The Balaban J connectivity index is 1.000. The van der Waals surface area contributed by atoms with E-state index in [0.717, 1.165) is 79.0 Å². The Morgan fingerprint density at radius 1 is 0.609 bits per heavy atom. The maximum atomic E-state index is 5.85. The van der Waals surface area contributed by atoms with Gasteiger partial charge in [-0.25, -0.2) is 0 Å². The van der Waals surface area contributed by atoms with E-state index >= 15 is 0 Å². The second-order valence-electron chi connectivity index (χ2n) is 19.8. The minimum atomic E-state index is -0.224. The van der Waals surface area contributed by atoms with Crippen LogP contribution < -0.4 is 5.32 Å². The van der Waals surface area contributed by atoms with E-state index in [0.29, 0.717) is 5.92 Å². The van der Waals surface area contributed by atoms with Crippen LogP contribution in [0.3, 0.4) is 0 Å². The lowest BCUT2D eigenvalue weighted by atomic mass is 9.68. The molecule has 3 heterocycles. The smallest absolute Gasteiger partial charge is 0.141 e. The van der Waals surface area contributed by atoms with Crippen LogP contribution in [0.5, 0.6) is 0 Å². The molecule has 0 spiro atoms. The van der Waals surface area contributed by atoms with Crippen molar-refractivity contribution in [3.8, 4) is 11.1 Å². The summed E-state index contributed by atoms with van der Waals surface area (Å²) in [7, 11) is 0. The van der Waals surface area contributed by atoms with E-state index in [9.17, 15) is 0 Å². The molecule has 6 aliphatic rings. The fraction of sp³-hybridized carbons (Fsp3) is 0.246. The van der Waals surface area contributed by atoms with E-state index in [1.54, 1.807) is 0 Å². The van der Waals surface area contributed by atoms with Crippen molar-refractivity contribution < 1.29 is 0 Å². The first-order valence-electron chi connectivity index (χ1n) is 25.3. The highest BCUT2D eigenvalue weighted by Gasteiger charge is 2.37. The van der Waals surface area contributed by atoms with E-state index in [1.165, 1.54) is 61.4 Å². The average Bonchev–Trinajstić information content (AvgIpc) is 3.41. The van der Waals surface area contributed by atoms with Crippen LogP contribution in [0.2, 0.25) is 0 Å². The van der Waals surface area contributed by atoms with E-state index < -0.39 is 0 Å². The zero-order chi connectivity index (χ0) is 46.7. The number of benzene rings is 3. The largest absolute Gasteiger partial charge is 0.363 e. The summed E-state index contributed by atoms with van der Waals surface area (Å²) in [5.74, 6) is 1.34. The molecule has 6 atom stereocenters. The second-order valence-corrected chi connectivity index (χ2v) is 19.8. The van der Waals surface area contributed by atoms with Gasteiger partial charge in [0.2, 0.25) is 0 Å². The number of aromatic nitrogens is 2. The Morgan fingerprint density at radius 3 is 2.13 bits per heavy atom. The van der Waals surface area contributed by atoms with Crippen LogP contribution in [-0.4, -0.2) is 21.8 Å². The fourth-order valence-corrected chi connectivity index (χ4v) is 11.4. The zero-order valence-corrected chi connectivity index (χ0v) is 40.2. The molecule has 6 unspecified atom stereocenters. The van der Waals surface area contributed by atoms with Crippen LogP contribution >= 0.6 is 0 Å². The molecule has 2 aromatic heterocycles. The lowest BCUT2D eigenvalue weighted by molar-refractivity contribution is 0.357. The van der Waals surface area contributed by atoms with Crippen LogP contribution in [0.1, 0.15) is 103 Å². The highest BCUT2D eigenvalue weighted by molar-refractivity contribution is 6.10. The Kier molecular flexibility index (Phi) is 12.7. The van der Waals surface area contributed by atoms with Gasteiger partial charge in [-0.15, -0.1) is 0 Å². The standard InChI is InChI=1S/C65H62N4/c1-43-16-13-26-61(66-43)51-32-28-49(29-33-51)56-37-55(47-20-9-5-10-21-47)38-58(39-56)64-42-63(54-25-15-24-53(36-54)46-18-7-4-8-19-46)68-65(69-64)60-41-57(48-22-11-6-12-23-48)40-59(45(60)3)50-30-34-52(35-31-50)62-27-14-17-44(2)67-62/h5-7,9-28,30,32-34,37-39,41-42,45,49,54,57,59,65,68H,4,8,29,31,35-36,40H2,1-3H3. The van der Waals surface area contributed by atoms with Gasteiger partial charge in [0.25, 0.3) is 0 Å². The molecule has 342 valence electrons. The molecule has 69 heavy (non-hydrogen) atoms. The zero-order valence-electron chi connectivity index (χ0n) is 40.2. The number of rotatable bonds is 10. The molecule has 0 radical (unpaired) electrons. The maximum Gasteiger partial charge on any atom is 0.141 e. The summed E-state index contributed by atoms with van der Waals surface area (Å²) in [6.45, 7) is 6.61. The van der Waals surface area contributed by atoms with E-state index in [4.69, 9.17) is 15.0 Å². The Labute approximate surface area is 409 Å². The normalized spacial score (nSPS) is 24.4. The van der Waals surface area contributed by atoms with Gasteiger partial charge in [0, 0.05) is 40.4 Å². The minimum absolute atomic E-state index is 0.186. The van der Waals surface area contributed by atoms with E-state index in [-0.39, 0.29) is 29.8 Å². The van der Waals surface area contributed by atoms with Crippen molar-refractivity contribution in [2.24, 2.45) is 22.7 Å². The Morgan fingerprint density at radius 2 is 1.39 bits per heavy atom. The van der Waals surface area contributed by atoms with Crippen molar-refractivity contribution in [2.75, 3.05) is 0 Å². The van der Waals surface area contributed by atoms with Gasteiger partial charge < -0.3 is 5.32 Å². The van der Waals surface area contributed by atoms with Crippen molar-refractivity contribution >= 4 is 16.9 Å². The average molecular weight is 899 g/mol. The predicted molar refractivity (Wildman–Crippen MR) is 287 cm³/mol. The predicted octanol–water partition coefficient (Wildman–Crippen LogP) is 15.4. The van der Waals surface area contributed by atoms with Crippen LogP contribution in [0.15, 0.2) is 227 Å². The van der Waals surface area contributed by atoms with Gasteiger partial charge in [0.15, 0.2) is 0 Å². The van der Waals surface area contributed by atoms with E-state index in [2.05, 4.69) is 220 Å². The highest BCUT2D eigenvalue weighted by atomic mass is 15.1. The van der Waals surface area contributed by atoms with Gasteiger partial charge in [-0.1, -0.05) is 164 Å². The number of nitrogens with one attached hydrogen (secondary N) is 1. The lowest BCUT2D eigenvalue weighted by Crippen LogP contribution is -2.40. The maximum absolute atomic E-state index is 5.85. The van der Waals surface area contributed by atoms with Gasteiger partial charge in [-0.3, -0.25) is 15.0 Å². The van der Waals surface area contributed by atoms with Gasteiger partial charge in [-0.2, -0.15) is 0 Å². The summed E-state index contributed by atoms with van der Waals surface area (Å²) in [6, 6.07) is 41.9. The summed E-state index contributed by atoms with van der Waals surface area (Å²) in [5.41, 5.74) is 20.9. The molecular formula is C65H62N4. The summed E-state index contributed by atoms with van der Waals surface area (Å²) >= 11 is 0. The molecule has 11 rings (SSSR count). The molecule has 5 aliphatic carbocycles. The molecule has 5 aromatic rings. The molecule has 0 bridgehead atoms. The molecule has 4 nitrogen and oxygen atoms in total. The minimum Gasteiger partial charge on any atom is -0.363 e. The fourth-order valence-electron chi connectivity index (χ4n) is 11.4. The Hall–Kier alpha value is -7.17. The van der Waals surface area contributed by atoms with Crippen LogP contribution in [0.25, 0.3) is 22.3 Å². The molecule has 1 N–H and O–H groups in total. The van der Waals surface area contributed by atoms with Crippen LogP contribution in [0.4, 0.5) is 0 Å². The SMILES string of the molecule is Cc1cccc(C2=CCC(c3cc(C4=NC(C5=CC(c6ccccc6)CC(C6=CC=C(c7cccc(C)n7)CC6)C5C)NC(C5C=CC=C(C6=CCCC=C6)C5)=C4)cc(-c4ccccc4)c3)C=C2)n1. The number of hydrogen-bond donors (Lipinski definition) is 1. The molecular weight excluding hydrogens is 837 g/mol. The van der Waals surface area contributed by atoms with Gasteiger partial charge >= 0.3 is 0 Å². The van der Waals surface area contributed by atoms with Crippen molar-refractivity contribution in [1.82, 2.24) is 15.3 Å². The van der Waals surface area contributed by atoms with Gasteiger partial charge in [-0.05, 0) is 163 Å². The van der Waals surface area contributed by atoms with Gasteiger partial charge in [0.1, 0.15) is 6.17 Å². The first kappa shape index (κ1) is 44.3. The molecule has 0 amide bonds. The van der Waals surface area contributed by atoms with Crippen molar-refractivity contribution in [3.05, 3.63) is 262 Å². The quantitative estimate of drug-likeness (QED) is 0.142. The number of allylic oxidation sites excluding steroid dienone is 18. The first-order chi connectivity index (χ1) is 33.9. The topological polar surface area (TPSA) is 50.2 Å². The number of hydrogen-bond acceptors (Lipinski definition) is 4. The van der Waals surface area contributed by atoms with Crippen molar-refractivity contribution in [1.29, 1.82) is 0 Å². The third-order valence-electron chi connectivity index (χ3n) is 15.2. The molecule has 4 heteroatoms. The number of pyridine rings is 2. The summed E-state index contributed by atoms with van der Waals surface area (Å²) in [5, 5.41) is 4.15. The summed E-state index contributed by atoms with van der Waals surface area (Å²) in [4.78, 5) is 15.6. The number of nitrogens with zero attached hydrogens (tertiary/aromatic N) is 3. The molecule has 3 aromatic carbocycles. The second kappa shape index (κ2) is 19.8. The first-order valence-corrected chi connectivity index (χ1v) is 25.3.